The molecule has 4 aliphatic rings. The first kappa shape index (κ1) is 22.0. The number of nitrogens with zero attached hydrogens (tertiary/aromatic N) is 1. The van der Waals surface area contributed by atoms with Crippen LogP contribution in [0.15, 0.2) is 60.2 Å². The van der Waals surface area contributed by atoms with E-state index in [1.807, 2.05) is 12.1 Å². The summed E-state index contributed by atoms with van der Waals surface area (Å²) < 4.78 is 0. The van der Waals surface area contributed by atoms with Gasteiger partial charge in [-0.05, 0) is 56.0 Å². The van der Waals surface area contributed by atoms with Gasteiger partial charge in [0.25, 0.3) is 0 Å². The Labute approximate surface area is 206 Å². The summed E-state index contributed by atoms with van der Waals surface area (Å²) >= 11 is 6.32. The fourth-order valence-electron chi connectivity index (χ4n) is 6.85. The van der Waals surface area contributed by atoms with Crippen LogP contribution in [0.5, 0.6) is 5.75 Å². The zero-order valence-corrected chi connectivity index (χ0v) is 19.7. The number of fused-ring (bicyclic) bond motifs is 4. The Balaban J connectivity index is 1.57. The van der Waals surface area contributed by atoms with Gasteiger partial charge in [-0.1, -0.05) is 41.4 Å². The number of rotatable bonds is 2. The number of halogens is 1. The third kappa shape index (κ3) is 2.91. The van der Waals surface area contributed by atoms with Crippen molar-refractivity contribution in [2.24, 2.45) is 29.1 Å². The van der Waals surface area contributed by atoms with Gasteiger partial charge in [-0.2, -0.15) is 0 Å². The number of para-hydroxylation sites is 1. The molecule has 178 valence electrons. The average Bonchev–Trinajstić information content (AvgIpc) is 3.24. The zero-order chi connectivity index (χ0) is 24.6. The van der Waals surface area contributed by atoms with Crippen molar-refractivity contribution in [3.05, 3.63) is 70.8 Å². The number of phenolic OH excluding ortho intramolecular Hbond substituents is 1. The summed E-state index contributed by atoms with van der Waals surface area (Å²) in [6.45, 7) is 1.77. The van der Waals surface area contributed by atoms with E-state index >= 15 is 0 Å². The Hall–Kier alpha value is -3.45. The van der Waals surface area contributed by atoms with Crippen LogP contribution in [0, 0.1) is 29.1 Å². The molecule has 0 spiro atoms. The molecule has 6 atom stereocenters. The highest BCUT2D eigenvalue weighted by atomic mass is 35.5. The van der Waals surface area contributed by atoms with Gasteiger partial charge in [0.15, 0.2) is 0 Å². The normalized spacial score (nSPS) is 33.7. The number of nitrogens with one attached hydrogen (secondary N) is 1. The first-order chi connectivity index (χ1) is 16.7. The Morgan fingerprint density at radius 2 is 1.77 bits per heavy atom. The molecule has 3 fully saturated rings. The number of aromatic hydroxyl groups is 1. The molecule has 8 heteroatoms. The monoisotopic (exact) mass is 490 g/mol. The predicted molar refractivity (Wildman–Crippen MR) is 127 cm³/mol. The van der Waals surface area contributed by atoms with Crippen LogP contribution in [0.4, 0.5) is 5.69 Å². The van der Waals surface area contributed by atoms with Crippen molar-refractivity contribution < 1.29 is 24.3 Å². The molecule has 4 amide bonds. The Bertz CT molecular complexity index is 1340. The van der Waals surface area contributed by atoms with E-state index in [1.165, 1.54) is 11.0 Å². The fraction of sp³-hybridized carbons (Fsp3) is 0.333. The molecular formula is C27H23ClN2O5. The van der Waals surface area contributed by atoms with Crippen molar-refractivity contribution in [3.8, 4) is 5.75 Å². The molecule has 7 nitrogen and oxygen atoms in total. The summed E-state index contributed by atoms with van der Waals surface area (Å²) in [7, 11) is 0. The molecule has 2 aromatic rings. The van der Waals surface area contributed by atoms with Gasteiger partial charge in [0, 0.05) is 16.5 Å². The number of hydrogen-bond donors (Lipinski definition) is 2. The predicted octanol–water partition coefficient (Wildman–Crippen LogP) is 3.56. The largest absolute Gasteiger partial charge is 0.508 e. The third-order valence-corrected chi connectivity index (χ3v) is 8.67. The van der Waals surface area contributed by atoms with Crippen LogP contribution in [-0.4, -0.2) is 28.7 Å². The summed E-state index contributed by atoms with van der Waals surface area (Å²) in [4.78, 5) is 54.4. The minimum atomic E-state index is -1.21. The van der Waals surface area contributed by atoms with E-state index in [1.54, 1.807) is 43.3 Å². The number of anilines is 1. The van der Waals surface area contributed by atoms with Gasteiger partial charge in [0.05, 0.1) is 28.9 Å². The molecule has 2 aliphatic heterocycles. The summed E-state index contributed by atoms with van der Waals surface area (Å²) in [5.74, 6) is -4.28. The second-order valence-electron chi connectivity index (χ2n) is 10.1. The SMILES string of the molecule is CC12C(=O)N(c3ccccc3)C(=O)C1CC1C(=CCC3C(=O)NC(=O)C31)C2c1cc(Cl)ccc1O. The zero-order valence-electron chi connectivity index (χ0n) is 18.9. The van der Waals surface area contributed by atoms with E-state index in [-0.39, 0.29) is 35.8 Å². The summed E-state index contributed by atoms with van der Waals surface area (Å²) in [6.07, 6.45) is 2.56. The molecule has 35 heavy (non-hydrogen) atoms. The van der Waals surface area contributed by atoms with Gasteiger partial charge < -0.3 is 5.11 Å². The van der Waals surface area contributed by atoms with Gasteiger partial charge >= 0.3 is 0 Å². The molecule has 0 aromatic heterocycles. The lowest BCUT2D eigenvalue weighted by molar-refractivity contribution is -0.131. The number of benzene rings is 2. The van der Waals surface area contributed by atoms with Crippen LogP contribution in [-0.2, 0) is 19.2 Å². The summed E-state index contributed by atoms with van der Waals surface area (Å²) in [5.41, 5.74) is 0.531. The van der Waals surface area contributed by atoms with Gasteiger partial charge in [-0.3, -0.25) is 24.5 Å². The van der Waals surface area contributed by atoms with Crippen LogP contribution in [0.25, 0.3) is 0 Å². The molecule has 6 unspecified atom stereocenters. The molecular weight excluding hydrogens is 468 g/mol. The van der Waals surface area contributed by atoms with Crippen LogP contribution in [0.1, 0.15) is 31.2 Å². The molecule has 1 saturated carbocycles. The topological polar surface area (TPSA) is 104 Å². The quantitative estimate of drug-likeness (QED) is 0.495. The molecule has 0 bridgehead atoms. The van der Waals surface area contributed by atoms with Crippen molar-refractivity contribution in [1.82, 2.24) is 5.32 Å². The Morgan fingerprint density at radius 3 is 2.51 bits per heavy atom. The first-order valence-electron chi connectivity index (χ1n) is 11.7. The highest BCUT2D eigenvalue weighted by Crippen LogP contribution is 2.64. The average molecular weight is 491 g/mol. The second kappa shape index (κ2) is 7.52. The van der Waals surface area contributed by atoms with E-state index in [4.69, 9.17) is 11.6 Å². The highest BCUT2D eigenvalue weighted by Gasteiger charge is 2.67. The van der Waals surface area contributed by atoms with E-state index in [2.05, 4.69) is 5.32 Å². The number of amides is 4. The van der Waals surface area contributed by atoms with E-state index < -0.39 is 35.0 Å². The smallest absolute Gasteiger partial charge is 0.241 e. The van der Waals surface area contributed by atoms with Crippen LogP contribution >= 0.6 is 11.6 Å². The van der Waals surface area contributed by atoms with Crippen LogP contribution in [0.3, 0.4) is 0 Å². The van der Waals surface area contributed by atoms with Crippen molar-refractivity contribution >= 4 is 40.9 Å². The number of phenols is 1. The Kier molecular flexibility index (Phi) is 4.74. The molecule has 2 aromatic carbocycles. The van der Waals surface area contributed by atoms with Gasteiger partial charge in [-0.15, -0.1) is 0 Å². The van der Waals surface area contributed by atoms with Gasteiger partial charge in [-0.25, -0.2) is 4.90 Å². The lowest BCUT2D eigenvalue weighted by Crippen LogP contribution is -2.48. The first-order valence-corrected chi connectivity index (χ1v) is 12.1. The molecule has 2 aliphatic carbocycles. The van der Waals surface area contributed by atoms with Crippen molar-refractivity contribution in [3.63, 3.8) is 0 Å². The maximum absolute atomic E-state index is 14.1. The second-order valence-corrected chi connectivity index (χ2v) is 10.5. The van der Waals surface area contributed by atoms with Crippen molar-refractivity contribution in [2.45, 2.75) is 25.7 Å². The third-order valence-electron chi connectivity index (χ3n) is 8.43. The van der Waals surface area contributed by atoms with Crippen LogP contribution in [0.2, 0.25) is 5.02 Å². The van der Waals surface area contributed by atoms with Crippen molar-refractivity contribution in [2.75, 3.05) is 4.90 Å². The molecule has 0 radical (unpaired) electrons. The number of carbonyl (C=O) groups is 4. The van der Waals surface area contributed by atoms with Crippen LogP contribution < -0.4 is 10.2 Å². The number of allylic oxidation sites excluding steroid dienone is 2. The molecule has 2 N–H and O–H groups in total. The summed E-state index contributed by atoms with van der Waals surface area (Å²) in [6, 6.07) is 13.4. The standard InChI is InChI=1S/C27H23ClN2O5/c1-27-19(25(34)30(26(27)35)14-5-3-2-4-6-14)12-17-15(8-9-16-21(17)24(33)29-23(16)32)22(27)18-11-13(28)7-10-20(18)31/h2-8,10-11,16-17,19,21-22,31H,9,12H2,1H3,(H,29,32,33). The maximum Gasteiger partial charge on any atom is 0.241 e. The van der Waals surface area contributed by atoms with E-state index in [9.17, 15) is 24.3 Å². The molecule has 2 heterocycles. The Morgan fingerprint density at radius 1 is 1.03 bits per heavy atom. The highest BCUT2D eigenvalue weighted by molar-refractivity contribution is 6.30. The maximum atomic E-state index is 14.1. The number of imide groups is 2. The number of hydrogen-bond acceptors (Lipinski definition) is 5. The van der Waals surface area contributed by atoms with Crippen molar-refractivity contribution in [1.29, 1.82) is 0 Å². The molecule has 6 rings (SSSR count). The van der Waals surface area contributed by atoms with Gasteiger partial charge in [0.1, 0.15) is 5.75 Å². The minimum Gasteiger partial charge on any atom is -0.508 e. The lowest BCUT2D eigenvalue weighted by Gasteiger charge is -2.49. The molecule has 2 saturated heterocycles. The van der Waals surface area contributed by atoms with E-state index in [0.29, 0.717) is 22.7 Å². The van der Waals surface area contributed by atoms with E-state index in [0.717, 1.165) is 5.57 Å². The number of carbonyl (C=O) groups excluding carboxylic acids is 4. The fourth-order valence-corrected chi connectivity index (χ4v) is 7.03. The minimum absolute atomic E-state index is 0.0339. The lowest BCUT2D eigenvalue weighted by atomic mass is 9.51. The van der Waals surface area contributed by atoms with Gasteiger partial charge in [0.2, 0.25) is 23.6 Å². The summed E-state index contributed by atoms with van der Waals surface area (Å²) in [5, 5.41) is 13.7.